The number of nitrogens with zero attached hydrogens (tertiary/aromatic N) is 5. The van der Waals surface area contributed by atoms with E-state index in [1.54, 1.807) is 51.4 Å². The molecule has 0 N–H and O–H groups in total. The maximum Gasteiger partial charge on any atom is 0.351 e. The number of hydrogen-bond acceptors (Lipinski definition) is 9. The normalized spacial score (nSPS) is 12.0. The lowest BCUT2D eigenvalue weighted by Gasteiger charge is -2.07. The lowest BCUT2D eigenvalue weighted by Crippen LogP contribution is -2.09. The second kappa shape index (κ2) is 8.07. The predicted molar refractivity (Wildman–Crippen MR) is 106 cm³/mol. The van der Waals surface area contributed by atoms with Crippen molar-refractivity contribution in [3.05, 3.63) is 64.5 Å². The molecule has 4 aromatic rings. The number of ether oxygens (including phenoxy) is 1. The van der Waals surface area contributed by atoms with Gasteiger partial charge >= 0.3 is 5.97 Å². The van der Waals surface area contributed by atoms with E-state index in [1.807, 2.05) is 0 Å². The van der Waals surface area contributed by atoms with Crippen LogP contribution in [0.5, 0.6) is 0 Å². The minimum Gasteiger partial charge on any atom is -0.448 e. The zero-order valence-electron chi connectivity index (χ0n) is 16.3. The lowest BCUT2D eigenvalue weighted by molar-refractivity contribution is 0.0270. The summed E-state index contributed by atoms with van der Waals surface area (Å²) in [6.07, 6.45) is 2.41. The van der Waals surface area contributed by atoms with Crippen molar-refractivity contribution < 1.29 is 18.4 Å². The van der Waals surface area contributed by atoms with Crippen LogP contribution >= 0.6 is 11.3 Å². The van der Waals surface area contributed by atoms with Gasteiger partial charge in [0.15, 0.2) is 16.9 Å². The van der Waals surface area contributed by atoms with E-state index >= 15 is 0 Å². The Morgan fingerprint density at radius 2 is 1.93 bits per heavy atom. The van der Waals surface area contributed by atoms with Crippen LogP contribution in [0.1, 0.15) is 39.8 Å². The van der Waals surface area contributed by atoms with E-state index in [9.17, 15) is 9.18 Å². The maximum atomic E-state index is 13.8. The van der Waals surface area contributed by atoms with Gasteiger partial charge in [-0.15, -0.1) is 11.3 Å². The van der Waals surface area contributed by atoms with Crippen LogP contribution in [0, 0.1) is 19.7 Å². The summed E-state index contributed by atoms with van der Waals surface area (Å²) in [5.74, 6) is -0.181. The van der Waals surface area contributed by atoms with Gasteiger partial charge in [0.2, 0.25) is 5.82 Å². The second-order valence-corrected chi connectivity index (χ2v) is 7.47. The van der Waals surface area contributed by atoms with E-state index in [1.165, 1.54) is 6.07 Å². The lowest BCUT2D eigenvalue weighted by atomic mass is 10.1. The number of rotatable bonds is 5. The average Bonchev–Trinajstić information content (AvgIpc) is 3.38. The van der Waals surface area contributed by atoms with Crippen LogP contribution in [0.25, 0.3) is 22.2 Å². The summed E-state index contributed by atoms with van der Waals surface area (Å²) in [5.41, 5.74) is 1.50. The Morgan fingerprint density at radius 1 is 1.17 bits per heavy atom. The molecule has 3 heterocycles. The Morgan fingerprint density at radius 3 is 2.67 bits per heavy atom. The molecule has 0 radical (unpaired) electrons. The molecule has 0 bridgehead atoms. The Bertz CT molecular complexity index is 1210. The first-order valence-corrected chi connectivity index (χ1v) is 9.80. The van der Waals surface area contributed by atoms with Gasteiger partial charge in [0.1, 0.15) is 10.7 Å². The fourth-order valence-corrected chi connectivity index (χ4v) is 3.50. The molecule has 1 aromatic carbocycles. The largest absolute Gasteiger partial charge is 0.448 e. The summed E-state index contributed by atoms with van der Waals surface area (Å²) < 4.78 is 24.4. The Kier molecular flexibility index (Phi) is 5.32. The molecular weight excluding hydrogens is 409 g/mol. The van der Waals surface area contributed by atoms with Crippen molar-refractivity contribution in [1.29, 1.82) is 0 Å². The molecular formula is C20H16FN5O3S. The molecule has 8 nitrogen and oxygen atoms in total. The molecule has 0 amide bonds. The maximum absolute atomic E-state index is 13.8. The van der Waals surface area contributed by atoms with Gasteiger partial charge in [0, 0.05) is 18.0 Å². The SMILES string of the molecule is Cc1ccc(-c2noc(C(C)OC(=O)c3sc(-c4ncccn4)nc3C)n2)cc1F. The molecule has 0 aliphatic heterocycles. The molecule has 0 spiro atoms. The quantitative estimate of drug-likeness (QED) is 0.435. The minimum atomic E-state index is -0.799. The number of carbonyl (C=O) groups is 1. The zero-order chi connectivity index (χ0) is 21.3. The van der Waals surface area contributed by atoms with E-state index in [0.29, 0.717) is 32.5 Å². The minimum absolute atomic E-state index is 0.105. The summed E-state index contributed by atoms with van der Waals surface area (Å²) in [4.78, 5) is 29.8. The fourth-order valence-electron chi connectivity index (χ4n) is 2.60. The number of carbonyl (C=O) groups excluding carboxylic acids is 1. The fraction of sp³-hybridized carbons (Fsp3) is 0.200. The van der Waals surface area contributed by atoms with Gasteiger partial charge in [-0.1, -0.05) is 17.3 Å². The van der Waals surface area contributed by atoms with Crippen molar-refractivity contribution in [2.75, 3.05) is 0 Å². The van der Waals surface area contributed by atoms with Crippen LogP contribution in [0.2, 0.25) is 0 Å². The Balaban J connectivity index is 1.50. The van der Waals surface area contributed by atoms with Gasteiger partial charge in [-0.05, 0) is 38.5 Å². The number of hydrogen-bond donors (Lipinski definition) is 0. The highest BCUT2D eigenvalue weighted by Gasteiger charge is 2.24. The first-order chi connectivity index (χ1) is 14.4. The summed E-state index contributed by atoms with van der Waals surface area (Å²) >= 11 is 1.14. The van der Waals surface area contributed by atoms with E-state index in [-0.39, 0.29) is 17.5 Å². The molecule has 10 heteroatoms. The van der Waals surface area contributed by atoms with Crippen LogP contribution < -0.4 is 0 Å². The molecule has 4 rings (SSSR count). The summed E-state index contributed by atoms with van der Waals surface area (Å²) in [6.45, 7) is 4.99. The number of esters is 1. The molecule has 0 aliphatic carbocycles. The van der Waals surface area contributed by atoms with Crippen LogP contribution in [0.3, 0.4) is 0 Å². The van der Waals surface area contributed by atoms with Gasteiger partial charge < -0.3 is 9.26 Å². The standard InChI is InChI=1S/C20H16FN5O3S/c1-10-5-6-13(9-14(10)21)16-25-18(29-26-16)12(3)28-20(27)15-11(2)24-19(30-15)17-22-7-4-8-23-17/h4-9,12H,1-3H3. The van der Waals surface area contributed by atoms with Crippen LogP contribution in [-0.2, 0) is 4.74 Å². The molecule has 1 unspecified atom stereocenters. The van der Waals surface area contributed by atoms with Gasteiger partial charge in [0.05, 0.1) is 5.69 Å². The van der Waals surface area contributed by atoms with Crippen molar-refractivity contribution in [3.8, 4) is 22.2 Å². The molecule has 3 aromatic heterocycles. The van der Waals surface area contributed by atoms with E-state index in [2.05, 4.69) is 25.1 Å². The molecule has 0 fully saturated rings. The van der Waals surface area contributed by atoms with Crippen molar-refractivity contribution >= 4 is 17.3 Å². The first-order valence-electron chi connectivity index (χ1n) is 8.98. The van der Waals surface area contributed by atoms with E-state index < -0.39 is 12.1 Å². The highest BCUT2D eigenvalue weighted by Crippen LogP contribution is 2.28. The topological polar surface area (TPSA) is 104 Å². The monoisotopic (exact) mass is 425 g/mol. The highest BCUT2D eigenvalue weighted by molar-refractivity contribution is 7.16. The number of benzene rings is 1. The van der Waals surface area contributed by atoms with Gasteiger partial charge in [0.25, 0.3) is 5.89 Å². The molecule has 0 aliphatic rings. The van der Waals surface area contributed by atoms with E-state index in [4.69, 9.17) is 9.26 Å². The Hall–Kier alpha value is -3.53. The van der Waals surface area contributed by atoms with Crippen LogP contribution in [0.4, 0.5) is 4.39 Å². The highest BCUT2D eigenvalue weighted by atomic mass is 32.1. The van der Waals surface area contributed by atoms with Gasteiger partial charge in [-0.2, -0.15) is 4.98 Å². The molecule has 152 valence electrons. The number of aryl methyl sites for hydroxylation is 2. The Labute approximate surface area is 174 Å². The molecule has 0 saturated carbocycles. The smallest absolute Gasteiger partial charge is 0.351 e. The zero-order valence-corrected chi connectivity index (χ0v) is 17.1. The number of aromatic nitrogens is 5. The van der Waals surface area contributed by atoms with Crippen molar-refractivity contribution in [2.45, 2.75) is 26.9 Å². The van der Waals surface area contributed by atoms with Crippen molar-refractivity contribution in [2.24, 2.45) is 0 Å². The first kappa shape index (κ1) is 19.8. The third-order valence-electron chi connectivity index (χ3n) is 4.24. The molecule has 1 atom stereocenters. The van der Waals surface area contributed by atoms with Gasteiger partial charge in [-0.25, -0.2) is 24.1 Å². The molecule has 0 saturated heterocycles. The van der Waals surface area contributed by atoms with E-state index in [0.717, 1.165) is 11.3 Å². The van der Waals surface area contributed by atoms with Crippen LogP contribution in [-0.4, -0.2) is 31.1 Å². The summed E-state index contributed by atoms with van der Waals surface area (Å²) in [7, 11) is 0. The third kappa shape index (κ3) is 3.94. The number of thiazole rings is 1. The summed E-state index contributed by atoms with van der Waals surface area (Å²) in [6, 6.07) is 6.35. The predicted octanol–water partition coefficient (Wildman–Crippen LogP) is 4.32. The van der Waals surface area contributed by atoms with Crippen molar-refractivity contribution in [1.82, 2.24) is 25.1 Å². The second-order valence-electron chi connectivity index (χ2n) is 6.47. The number of halogens is 1. The van der Waals surface area contributed by atoms with Crippen LogP contribution in [0.15, 0.2) is 41.2 Å². The van der Waals surface area contributed by atoms with Gasteiger partial charge in [-0.3, -0.25) is 0 Å². The summed E-state index contributed by atoms with van der Waals surface area (Å²) in [5, 5.41) is 4.37. The van der Waals surface area contributed by atoms with Crippen molar-refractivity contribution in [3.63, 3.8) is 0 Å². The molecule has 30 heavy (non-hydrogen) atoms. The average molecular weight is 425 g/mol. The third-order valence-corrected chi connectivity index (χ3v) is 5.38.